The lowest BCUT2D eigenvalue weighted by molar-refractivity contribution is 0.0994. The van der Waals surface area contributed by atoms with E-state index in [2.05, 4.69) is 4.98 Å². The Hall–Kier alpha value is -2.99. The Morgan fingerprint density at radius 1 is 1.23 bits per heavy atom. The van der Waals surface area contributed by atoms with Gasteiger partial charge < -0.3 is 5.73 Å². The van der Waals surface area contributed by atoms with E-state index in [0.29, 0.717) is 33.2 Å². The van der Waals surface area contributed by atoms with Crippen molar-refractivity contribution in [2.24, 2.45) is 10.7 Å². The van der Waals surface area contributed by atoms with Crippen molar-refractivity contribution < 1.29 is 9.18 Å². The third-order valence-electron chi connectivity index (χ3n) is 4.36. The standard InChI is InChI=1S/C19H14ClFN4O/c1-10-18-17(19(22)26)23-9-25(18)15-7-6-11(21)8-13(15)16(24-10)12-4-2-3-5-14(12)20/h2-10H,1H3,(H2,22,26)/t10-/m0/s1. The number of primary amides is 1. The van der Waals surface area contributed by atoms with Gasteiger partial charge in [0, 0.05) is 16.1 Å². The predicted molar refractivity (Wildman–Crippen MR) is 97.5 cm³/mol. The maximum Gasteiger partial charge on any atom is 0.269 e. The van der Waals surface area contributed by atoms with Crippen molar-refractivity contribution in [1.29, 1.82) is 0 Å². The Balaban J connectivity index is 2.07. The van der Waals surface area contributed by atoms with Crippen LogP contribution in [0.1, 0.15) is 40.3 Å². The fourth-order valence-electron chi connectivity index (χ4n) is 3.24. The van der Waals surface area contributed by atoms with Crippen LogP contribution in [0.4, 0.5) is 4.39 Å². The van der Waals surface area contributed by atoms with E-state index in [0.717, 1.165) is 0 Å². The van der Waals surface area contributed by atoms with Crippen molar-refractivity contribution in [3.63, 3.8) is 0 Å². The van der Waals surface area contributed by atoms with Gasteiger partial charge in [-0.1, -0.05) is 29.8 Å². The van der Waals surface area contributed by atoms with E-state index in [9.17, 15) is 9.18 Å². The number of halogens is 2. The van der Waals surface area contributed by atoms with Gasteiger partial charge in [0.25, 0.3) is 5.91 Å². The summed E-state index contributed by atoms with van der Waals surface area (Å²) < 4.78 is 15.8. The largest absolute Gasteiger partial charge is 0.364 e. The van der Waals surface area contributed by atoms with Crippen LogP contribution < -0.4 is 5.73 Å². The number of carbonyl (C=O) groups excluding carboxylic acids is 1. The molecule has 2 heterocycles. The average Bonchev–Trinajstić information content (AvgIpc) is 3.01. The van der Waals surface area contributed by atoms with E-state index in [4.69, 9.17) is 22.3 Å². The second kappa shape index (κ2) is 6.07. The molecule has 3 aromatic rings. The predicted octanol–water partition coefficient (Wildman–Crippen LogP) is 3.68. The molecule has 4 rings (SSSR count). The fourth-order valence-corrected chi connectivity index (χ4v) is 3.46. The number of amides is 1. The second-order valence-electron chi connectivity index (χ2n) is 6.01. The van der Waals surface area contributed by atoms with Gasteiger partial charge in [-0.2, -0.15) is 0 Å². The smallest absolute Gasteiger partial charge is 0.269 e. The number of imidazole rings is 1. The van der Waals surface area contributed by atoms with Gasteiger partial charge in [0.05, 0.1) is 23.1 Å². The SMILES string of the molecule is C[C@@H]1N=C(c2ccccc2Cl)c2cc(F)ccc2-n2cnc(C(N)=O)c21. The normalized spacial score (nSPS) is 15.7. The summed E-state index contributed by atoms with van der Waals surface area (Å²) in [6.45, 7) is 1.83. The minimum Gasteiger partial charge on any atom is -0.364 e. The summed E-state index contributed by atoms with van der Waals surface area (Å²) in [5.74, 6) is -1.03. The molecule has 0 bridgehead atoms. The van der Waals surface area contributed by atoms with Crippen molar-refractivity contribution in [1.82, 2.24) is 9.55 Å². The van der Waals surface area contributed by atoms with E-state index in [1.165, 1.54) is 18.5 Å². The van der Waals surface area contributed by atoms with Gasteiger partial charge in [0.1, 0.15) is 12.1 Å². The topological polar surface area (TPSA) is 73.3 Å². The summed E-state index contributed by atoms with van der Waals surface area (Å²) >= 11 is 6.36. The Morgan fingerprint density at radius 3 is 2.73 bits per heavy atom. The summed E-state index contributed by atoms with van der Waals surface area (Å²) in [7, 11) is 0. The van der Waals surface area contributed by atoms with E-state index in [-0.39, 0.29) is 5.69 Å². The minimum absolute atomic E-state index is 0.150. The van der Waals surface area contributed by atoms with Crippen LogP contribution in [0.5, 0.6) is 0 Å². The van der Waals surface area contributed by atoms with Gasteiger partial charge in [-0.05, 0) is 31.2 Å². The van der Waals surface area contributed by atoms with E-state index in [1.54, 1.807) is 16.7 Å². The highest BCUT2D eigenvalue weighted by Crippen LogP contribution is 2.33. The molecule has 1 atom stereocenters. The molecule has 0 saturated carbocycles. The molecule has 2 N–H and O–H groups in total. The van der Waals surface area contributed by atoms with E-state index < -0.39 is 17.8 Å². The van der Waals surface area contributed by atoms with E-state index in [1.807, 2.05) is 25.1 Å². The first-order chi connectivity index (χ1) is 12.5. The van der Waals surface area contributed by atoms with E-state index >= 15 is 0 Å². The fraction of sp³-hybridized carbons (Fsp3) is 0.105. The maximum absolute atomic E-state index is 14.0. The van der Waals surface area contributed by atoms with Gasteiger partial charge in [-0.15, -0.1) is 0 Å². The molecule has 0 spiro atoms. The zero-order chi connectivity index (χ0) is 18.4. The third kappa shape index (κ3) is 2.50. The first-order valence-corrected chi connectivity index (χ1v) is 8.35. The van der Waals surface area contributed by atoms with Crippen LogP contribution in [0.25, 0.3) is 5.69 Å². The Bertz CT molecular complexity index is 1070. The van der Waals surface area contributed by atoms with Crippen LogP contribution in [-0.2, 0) is 0 Å². The van der Waals surface area contributed by atoms with Crippen LogP contribution in [0.15, 0.2) is 53.8 Å². The van der Waals surface area contributed by atoms with Gasteiger partial charge >= 0.3 is 0 Å². The zero-order valence-electron chi connectivity index (χ0n) is 13.8. The number of aliphatic imine (C=N–C) groups is 1. The van der Waals surface area contributed by atoms with Crippen LogP contribution >= 0.6 is 11.6 Å². The van der Waals surface area contributed by atoms with Gasteiger partial charge in [0.15, 0.2) is 5.69 Å². The number of hydrogen-bond acceptors (Lipinski definition) is 3. The molecular formula is C19H14ClFN4O. The zero-order valence-corrected chi connectivity index (χ0v) is 14.5. The highest BCUT2D eigenvalue weighted by molar-refractivity contribution is 6.35. The molecule has 0 aliphatic carbocycles. The van der Waals surface area contributed by atoms with Crippen molar-refractivity contribution in [2.45, 2.75) is 13.0 Å². The van der Waals surface area contributed by atoms with Gasteiger partial charge in [-0.25, -0.2) is 9.37 Å². The molecule has 5 nitrogen and oxygen atoms in total. The minimum atomic E-state index is -0.634. The lowest BCUT2D eigenvalue weighted by Gasteiger charge is -2.12. The summed E-state index contributed by atoms with van der Waals surface area (Å²) in [5, 5.41) is 0.508. The molecule has 26 heavy (non-hydrogen) atoms. The number of nitrogens with zero attached hydrogens (tertiary/aromatic N) is 3. The summed E-state index contributed by atoms with van der Waals surface area (Å²) in [6.07, 6.45) is 1.51. The molecule has 1 aromatic heterocycles. The molecule has 1 amide bonds. The molecule has 0 fully saturated rings. The van der Waals surface area contributed by atoms with Crippen LogP contribution in [0, 0.1) is 5.82 Å². The molecule has 0 saturated heterocycles. The maximum atomic E-state index is 14.0. The summed E-state index contributed by atoms with van der Waals surface area (Å²) in [4.78, 5) is 20.6. The highest BCUT2D eigenvalue weighted by Gasteiger charge is 2.28. The first kappa shape index (κ1) is 16.5. The Kier molecular flexibility index (Phi) is 3.85. The first-order valence-electron chi connectivity index (χ1n) is 7.97. The molecule has 1 aliphatic heterocycles. The van der Waals surface area contributed by atoms with Crippen LogP contribution in [0.3, 0.4) is 0 Å². The number of rotatable bonds is 2. The van der Waals surface area contributed by atoms with Crippen molar-refractivity contribution >= 4 is 23.2 Å². The number of fused-ring (bicyclic) bond motifs is 3. The molecule has 130 valence electrons. The van der Waals surface area contributed by atoms with Crippen LogP contribution in [-0.4, -0.2) is 21.2 Å². The number of nitrogens with two attached hydrogens (primary N) is 1. The quantitative estimate of drug-likeness (QED) is 0.749. The number of carbonyl (C=O) groups is 1. The van der Waals surface area contributed by atoms with Crippen molar-refractivity contribution in [3.8, 4) is 5.69 Å². The molecular weight excluding hydrogens is 355 g/mol. The average molecular weight is 369 g/mol. The monoisotopic (exact) mass is 368 g/mol. The number of aromatic nitrogens is 2. The van der Waals surface area contributed by atoms with Crippen LogP contribution in [0.2, 0.25) is 5.02 Å². The Morgan fingerprint density at radius 2 is 2.00 bits per heavy atom. The number of benzene rings is 2. The number of hydrogen-bond donors (Lipinski definition) is 1. The van der Waals surface area contributed by atoms with Gasteiger partial charge in [-0.3, -0.25) is 14.4 Å². The van der Waals surface area contributed by atoms with Crippen molar-refractivity contribution in [3.05, 3.63) is 82.1 Å². The molecule has 1 aliphatic rings. The highest BCUT2D eigenvalue weighted by atomic mass is 35.5. The summed E-state index contributed by atoms with van der Waals surface area (Å²) in [6, 6.07) is 11.2. The molecule has 0 unspecified atom stereocenters. The second-order valence-corrected chi connectivity index (χ2v) is 6.41. The molecule has 2 aromatic carbocycles. The van der Waals surface area contributed by atoms with Crippen molar-refractivity contribution in [2.75, 3.05) is 0 Å². The molecule has 0 radical (unpaired) electrons. The third-order valence-corrected chi connectivity index (χ3v) is 4.69. The Labute approximate surface area is 154 Å². The lowest BCUT2D eigenvalue weighted by Crippen LogP contribution is -2.15. The lowest BCUT2D eigenvalue weighted by atomic mass is 10.00. The van der Waals surface area contributed by atoms with Gasteiger partial charge in [0.2, 0.25) is 0 Å². The molecule has 7 heteroatoms. The summed E-state index contributed by atoms with van der Waals surface area (Å²) in [5.41, 5.74) is 8.64.